The first-order valence-corrected chi connectivity index (χ1v) is 17.3. The molecule has 0 saturated heterocycles. The molecule has 4 heterocycles. The molecule has 0 saturated carbocycles. The SMILES string of the molecule is CCN=C(C=C(C)N)C(=O)Nc1nc2cc(C(N)=O)cc3c2n1CCCCn1c(NC(=O)c2cc(C)nn2CC)nc2cccc(c21)OCCCO3. The minimum atomic E-state index is -0.636. The zero-order valence-corrected chi connectivity index (χ0v) is 29.7. The average molecular weight is 710 g/mol. The third-order valence-electron chi connectivity index (χ3n) is 8.45. The molecule has 0 atom stereocenters. The van der Waals surface area contributed by atoms with Crippen molar-refractivity contribution in [3.8, 4) is 11.5 Å². The fraction of sp³-hybridized carbons (Fsp3) is 0.361. The summed E-state index contributed by atoms with van der Waals surface area (Å²) in [6, 6.07) is 10.6. The van der Waals surface area contributed by atoms with Crippen molar-refractivity contribution in [2.75, 3.05) is 30.4 Å². The van der Waals surface area contributed by atoms with Crippen LogP contribution in [0.15, 0.2) is 53.2 Å². The van der Waals surface area contributed by atoms with Crippen LogP contribution in [-0.4, -0.2) is 72.1 Å². The lowest BCUT2D eigenvalue weighted by molar-refractivity contribution is -0.110. The van der Waals surface area contributed by atoms with Crippen molar-refractivity contribution in [3.05, 3.63) is 65.1 Å². The summed E-state index contributed by atoms with van der Waals surface area (Å²) in [5.41, 5.74) is 16.0. The van der Waals surface area contributed by atoms with Crippen LogP contribution in [-0.2, 0) is 24.4 Å². The Labute approximate surface area is 299 Å². The quantitative estimate of drug-likeness (QED) is 0.170. The van der Waals surface area contributed by atoms with Gasteiger partial charge in [0.05, 0.1) is 29.9 Å². The molecule has 1 aliphatic rings. The molecule has 52 heavy (non-hydrogen) atoms. The van der Waals surface area contributed by atoms with Crippen LogP contribution in [0.1, 0.15) is 66.6 Å². The van der Waals surface area contributed by atoms with E-state index >= 15 is 0 Å². The molecule has 0 spiro atoms. The van der Waals surface area contributed by atoms with Crippen molar-refractivity contribution >= 4 is 57.4 Å². The number of rotatable bonds is 8. The highest BCUT2D eigenvalue weighted by Gasteiger charge is 2.23. The third kappa shape index (κ3) is 7.45. The Kier molecular flexibility index (Phi) is 10.5. The highest BCUT2D eigenvalue weighted by molar-refractivity contribution is 6.47. The molecule has 2 aromatic carbocycles. The molecule has 16 heteroatoms. The number of hydrogen-bond donors (Lipinski definition) is 4. The lowest BCUT2D eigenvalue weighted by atomic mass is 10.1. The van der Waals surface area contributed by atoms with E-state index in [4.69, 9.17) is 30.9 Å². The number of para-hydroxylation sites is 1. The number of nitrogens with one attached hydrogen (secondary N) is 2. The number of anilines is 2. The van der Waals surface area contributed by atoms with E-state index in [-0.39, 0.29) is 29.7 Å². The van der Waals surface area contributed by atoms with Gasteiger partial charge in [0.15, 0.2) is 0 Å². The van der Waals surface area contributed by atoms with Crippen LogP contribution in [0.5, 0.6) is 11.5 Å². The van der Waals surface area contributed by atoms with Crippen LogP contribution in [0, 0.1) is 6.92 Å². The molecule has 0 radical (unpaired) electrons. The van der Waals surface area contributed by atoms with Gasteiger partial charge in [0.25, 0.3) is 11.8 Å². The van der Waals surface area contributed by atoms with E-state index in [1.807, 2.05) is 48.1 Å². The van der Waals surface area contributed by atoms with Gasteiger partial charge in [-0.15, -0.1) is 0 Å². The molecule has 6 rings (SSSR count). The number of primary amides is 1. The van der Waals surface area contributed by atoms with Gasteiger partial charge in [-0.25, -0.2) is 9.97 Å². The Morgan fingerprint density at radius 1 is 0.904 bits per heavy atom. The first-order chi connectivity index (χ1) is 25.1. The molecule has 16 nitrogen and oxygen atoms in total. The van der Waals surface area contributed by atoms with Crippen LogP contribution in [0.4, 0.5) is 11.9 Å². The molecule has 5 aromatic rings. The van der Waals surface area contributed by atoms with Gasteiger partial charge >= 0.3 is 0 Å². The number of nitrogens with zero attached hydrogens (tertiary/aromatic N) is 7. The number of aryl methyl sites for hydroxylation is 4. The minimum Gasteiger partial charge on any atom is -0.491 e. The summed E-state index contributed by atoms with van der Waals surface area (Å²) in [6.45, 7) is 9.65. The number of carbonyl (C=O) groups excluding carboxylic acids is 3. The second-order valence-electron chi connectivity index (χ2n) is 12.4. The predicted molar refractivity (Wildman–Crippen MR) is 198 cm³/mol. The van der Waals surface area contributed by atoms with Crippen LogP contribution in [0.2, 0.25) is 0 Å². The van der Waals surface area contributed by atoms with E-state index in [1.165, 1.54) is 6.08 Å². The molecule has 0 aliphatic carbocycles. The molecular weight excluding hydrogens is 666 g/mol. The summed E-state index contributed by atoms with van der Waals surface area (Å²) in [5, 5.41) is 10.3. The van der Waals surface area contributed by atoms with Gasteiger partial charge in [-0.2, -0.15) is 5.10 Å². The van der Waals surface area contributed by atoms with Gasteiger partial charge in [0, 0.05) is 43.9 Å². The van der Waals surface area contributed by atoms with E-state index in [2.05, 4.69) is 20.7 Å². The zero-order chi connectivity index (χ0) is 36.9. The second-order valence-corrected chi connectivity index (χ2v) is 12.4. The van der Waals surface area contributed by atoms with Crippen molar-refractivity contribution in [3.63, 3.8) is 0 Å². The Balaban J connectivity index is 1.37. The third-order valence-corrected chi connectivity index (χ3v) is 8.45. The van der Waals surface area contributed by atoms with Gasteiger partial charge in [0.2, 0.25) is 17.8 Å². The van der Waals surface area contributed by atoms with Gasteiger partial charge in [-0.05, 0) is 76.9 Å². The van der Waals surface area contributed by atoms with Crippen LogP contribution < -0.4 is 31.6 Å². The number of aliphatic imine (C=N–C) groups is 1. The van der Waals surface area contributed by atoms with E-state index in [0.717, 1.165) is 11.2 Å². The van der Waals surface area contributed by atoms with Crippen LogP contribution >= 0.6 is 0 Å². The van der Waals surface area contributed by atoms with Crippen LogP contribution in [0.25, 0.3) is 22.1 Å². The summed E-state index contributed by atoms with van der Waals surface area (Å²) >= 11 is 0. The number of amides is 3. The number of carbonyl (C=O) groups is 3. The second kappa shape index (κ2) is 15.4. The number of hydrogen-bond acceptors (Lipinski definition) is 10. The average Bonchev–Trinajstić information content (AvgIpc) is 3.77. The van der Waals surface area contributed by atoms with Crippen molar-refractivity contribution in [2.24, 2.45) is 16.5 Å². The fourth-order valence-corrected chi connectivity index (χ4v) is 6.21. The molecule has 0 unspecified atom stereocenters. The molecule has 0 fully saturated rings. The number of imidazole rings is 2. The van der Waals surface area contributed by atoms with E-state index in [9.17, 15) is 14.4 Å². The summed E-state index contributed by atoms with van der Waals surface area (Å²) in [7, 11) is 0. The molecule has 3 aromatic heterocycles. The van der Waals surface area contributed by atoms with Crippen molar-refractivity contribution in [1.29, 1.82) is 0 Å². The van der Waals surface area contributed by atoms with Gasteiger partial charge in [-0.1, -0.05) is 6.07 Å². The van der Waals surface area contributed by atoms with E-state index in [0.29, 0.717) is 97.4 Å². The highest BCUT2D eigenvalue weighted by atomic mass is 16.5. The summed E-state index contributed by atoms with van der Waals surface area (Å²) in [6.07, 6.45) is 3.25. The number of aromatic nitrogens is 6. The summed E-state index contributed by atoms with van der Waals surface area (Å²) < 4.78 is 18.0. The Morgan fingerprint density at radius 3 is 2.25 bits per heavy atom. The van der Waals surface area contributed by atoms with E-state index in [1.54, 1.807) is 29.8 Å². The number of ether oxygens (including phenoxy) is 2. The minimum absolute atomic E-state index is 0.156. The highest BCUT2D eigenvalue weighted by Crippen LogP contribution is 2.33. The fourth-order valence-electron chi connectivity index (χ4n) is 6.21. The molecule has 272 valence electrons. The first-order valence-electron chi connectivity index (χ1n) is 17.3. The molecule has 1 aliphatic heterocycles. The topological polar surface area (TPSA) is 212 Å². The molecule has 0 bridgehead atoms. The monoisotopic (exact) mass is 709 g/mol. The van der Waals surface area contributed by atoms with Crippen molar-refractivity contribution in [1.82, 2.24) is 28.9 Å². The van der Waals surface area contributed by atoms with Gasteiger partial charge in [-0.3, -0.25) is 34.7 Å². The van der Waals surface area contributed by atoms with Crippen LogP contribution in [0.3, 0.4) is 0 Å². The lowest BCUT2D eigenvalue weighted by Gasteiger charge is -2.14. The number of nitrogens with two attached hydrogens (primary N) is 2. The largest absolute Gasteiger partial charge is 0.491 e. The summed E-state index contributed by atoms with van der Waals surface area (Å²) in [5.74, 6) is 0.223. The molecule has 3 amide bonds. The Morgan fingerprint density at radius 2 is 1.58 bits per heavy atom. The zero-order valence-electron chi connectivity index (χ0n) is 29.7. The lowest BCUT2D eigenvalue weighted by Crippen LogP contribution is -2.24. The summed E-state index contributed by atoms with van der Waals surface area (Å²) in [4.78, 5) is 53.1. The maximum Gasteiger partial charge on any atom is 0.276 e. The molecular formula is C36H43N11O5. The molecule has 6 N–H and O–H groups in total. The standard InChI is InChI=1S/C36H43N11O5/c1-5-39-26(17-21(3)37)33(49)42-36-41-25-19-23(32(38)48)20-29-31(25)46(36)14-8-7-13-45-30-24(11-9-12-28(30)51-15-10-16-52-29)40-35(45)43-34(50)27-18-22(4)44-47(27)6-2/h9,11-12,17-20H,5-8,10,13-16,37H2,1-4H3,(H2,38,48)(H,40,43,50)(H,41,42,49). The van der Waals surface area contributed by atoms with Gasteiger partial charge in [0.1, 0.15) is 33.9 Å². The van der Waals surface area contributed by atoms with Crippen molar-refractivity contribution < 1.29 is 23.9 Å². The van der Waals surface area contributed by atoms with Gasteiger partial charge < -0.3 is 30.1 Å². The smallest absolute Gasteiger partial charge is 0.276 e. The normalized spacial score (nSPS) is 14.3. The maximum absolute atomic E-state index is 13.5. The number of benzene rings is 2. The number of allylic oxidation sites excluding steroid dienone is 1. The Bertz CT molecular complexity index is 2220. The maximum atomic E-state index is 13.5. The Hall–Kier alpha value is -6.19. The van der Waals surface area contributed by atoms with E-state index < -0.39 is 11.8 Å². The predicted octanol–water partition coefficient (Wildman–Crippen LogP) is 4.17. The van der Waals surface area contributed by atoms with Crippen molar-refractivity contribution in [2.45, 2.75) is 66.6 Å². The first kappa shape index (κ1) is 35.6.